The number of rotatable bonds is 9. The number of methoxy groups -OCH3 is 2. The Labute approximate surface area is 232 Å². The third-order valence-electron chi connectivity index (χ3n) is 6.65. The molecule has 0 saturated heterocycles. The molecule has 0 amide bonds. The van der Waals surface area contributed by atoms with Crippen molar-refractivity contribution in [2.24, 2.45) is 20.7 Å². The van der Waals surface area contributed by atoms with Gasteiger partial charge in [-0.1, -0.05) is 23.7 Å². The van der Waals surface area contributed by atoms with Gasteiger partial charge in [0.15, 0.2) is 17.3 Å². The van der Waals surface area contributed by atoms with E-state index in [0.717, 1.165) is 22.5 Å². The molecule has 39 heavy (non-hydrogen) atoms. The highest BCUT2D eigenvalue weighted by Gasteiger charge is 2.35. The van der Waals surface area contributed by atoms with E-state index in [2.05, 4.69) is 25.3 Å². The Morgan fingerprint density at radius 2 is 1.95 bits per heavy atom. The quantitative estimate of drug-likeness (QED) is 0.114. The van der Waals surface area contributed by atoms with Gasteiger partial charge in [0.2, 0.25) is 0 Å². The van der Waals surface area contributed by atoms with Crippen molar-refractivity contribution in [3.8, 4) is 17.2 Å². The zero-order valence-electron chi connectivity index (χ0n) is 22.5. The predicted octanol–water partition coefficient (Wildman–Crippen LogP) is 5.79. The van der Waals surface area contributed by atoms with Gasteiger partial charge >= 0.3 is 5.97 Å². The second-order valence-corrected chi connectivity index (χ2v) is 9.89. The molecule has 206 valence electrons. The van der Waals surface area contributed by atoms with Gasteiger partial charge in [0.05, 0.1) is 25.6 Å². The number of hydrogen-bond acceptors (Lipinski definition) is 7. The molecule has 1 aliphatic rings. The van der Waals surface area contributed by atoms with E-state index in [4.69, 9.17) is 25.8 Å². The number of azo groups is 1. The van der Waals surface area contributed by atoms with Crippen LogP contribution in [0.5, 0.6) is 11.5 Å². The molecule has 0 bridgehead atoms. The molecule has 3 aromatic rings. The van der Waals surface area contributed by atoms with Gasteiger partial charge in [-0.05, 0) is 56.7 Å². The van der Waals surface area contributed by atoms with Gasteiger partial charge in [0.1, 0.15) is 17.6 Å². The maximum atomic E-state index is 11.7. The molecular formula is C28H32ClN5O5. The van der Waals surface area contributed by atoms with E-state index in [1.54, 1.807) is 14.2 Å². The van der Waals surface area contributed by atoms with Crippen molar-refractivity contribution in [3.63, 3.8) is 0 Å². The van der Waals surface area contributed by atoms with Gasteiger partial charge in [-0.25, -0.2) is 0 Å². The second-order valence-electron chi connectivity index (χ2n) is 9.46. The summed E-state index contributed by atoms with van der Waals surface area (Å²) in [5.74, 6) is 0.197. The lowest BCUT2D eigenvalue weighted by Crippen LogP contribution is -2.33. The monoisotopic (exact) mass is 553 g/mol. The average molecular weight is 554 g/mol. The molecule has 0 spiro atoms. The third kappa shape index (κ3) is 5.62. The number of aromatic nitrogens is 1. The molecule has 2 N–H and O–H groups in total. The van der Waals surface area contributed by atoms with E-state index in [0.29, 0.717) is 29.5 Å². The Hall–Kier alpha value is -3.89. The Morgan fingerprint density at radius 3 is 2.64 bits per heavy atom. The lowest BCUT2D eigenvalue weighted by atomic mass is 9.92. The summed E-state index contributed by atoms with van der Waals surface area (Å²) in [6.45, 7) is 3.44. The summed E-state index contributed by atoms with van der Waals surface area (Å²) in [5, 5.41) is 22.1. The maximum absolute atomic E-state index is 11.7. The van der Waals surface area contributed by atoms with Crippen molar-refractivity contribution in [3.05, 3.63) is 76.6 Å². The second kappa shape index (κ2) is 11.9. The predicted molar refractivity (Wildman–Crippen MR) is 148 cm³/mol. The Morgan fingerprint density at radius 1 is 1.15 bits per heavy atom. The zero-order valence-corrected chi connectivity index (χ0v) is 23.3. The number of carboxylic acid groups (broad SMARTS) is 1. The molecule has 2 heterocycles. The van der Waals surface area contributed by atoms with E-state index in [-0.39, 0.29) is 11.9 Å². The van der Waals surface area contributed by atoms with Gasteiger partial charge < -0.3 is 29.3 Å². The highest BCUT2D eigenvalue weighted by molar-refractivity contribution is 6.30. The molecule has 1 aliphatic heterocycles. The number of amidine groups is 1. The standard InChI is InChI=1S/C28H32ClN5O5/c1-28(2,27(35)36)26(32-30-3)33-31-14-13-22-21-9-7-15-34(21)20-12-11-17(29)16-19(20)24(39-22)18-8-6-10-23(37-4)25(18)38-5/h6-12,15-16,22,24,31H,13-14H2,1-5H3,(H,35,36)/b32-30?,33-26-/t22?,24-/m1/s1. The van der Waals surface area contributed by atoms with Crippen molar-refractivity contribution in [2.75, 3.05) is 27.8 Å². The van der Waals surface area contributed by atoms with Gasteiger partial charge in [-0.3, -0.25) is 4.79 Å². The molecule has 0 radical (unpaired) electrons. The van der Waals surface area contributed by atoms with Crippen molar-refractivity contribution < 1.29 is 24.1 Å². The number of para-hydroxylation sites is 1. The number of nitrogens with zero attached hydrogens (tertiary/aromatic N) is 4. The normalized spacial score (nSPS) is 17.3. The average Bonchev–Trinajstić information content (AvgIpc) is 3.36. The first-order valence-electron chi connectivity index (χ1n) is 12.4. The van der Waals surface area contributed by atoms with Gasteiger partial charge in [-0.2, -0.15) is 10.2 Å². The third-order valence-corrected chi connectivity index (χ3v) is 6.88. The minimum absolute atomic E-state index is 0.0729. The van der Waals surface area contributed by atoms with Crippen LogP contribution < -0.4 is 14.9 Å². The molecule has 2 aromatic carbocycles. The summed E-state index contributed by atoms with van der Waals surface area (Å²) in [4.78, 5) is 11.7. The van der Waals surface area contributed by atoms with E-state index in [1.807, 2.05) is 54.7 Å². The number of hydrogen-bond donors (Lipinski definition) is 2. The van der Waals surface area contributed by atoms with Gasteiger partial charge in [0, 0.05) is 35.9 Å². The number of aliphatic carboxylic acids is 1. The van der Waals surface area contributed by atoms with Crippen molar-refractivity contribution in [1.29, 1.82) is 0 Å². The van der Waals surface area contributed by atoms with Gasteiger partial charge in [-0.15, -0.1) is 5.11 Å². The SMILES string of the molecule is CN=N/C(=N\NCCC1O[C@H](c2cccc(OC)c2OC)c2cc(Cl)ccc2-n2cccc21)C(C)(C)C(=O)O. The summed E-state index contributed by atoms with van der Waals surface area (Å²) in [5.41, 5.74) is 5.23. The van der Waals surface area contributed by atoms with Crippen LogP contribution in [0.25, 0.3) is 5.69 Å². The Balaban J connectivity index is 1.71. The first-order valence-corrected chi connectivity index (χ1v) is 12.8. The van der Waals surface area contributed by atoms with E-state index < -0.39 is 17.5 Å². The minimum Gasteiger partial charge on any atom is -0.493 e. The van der Waals surface area contributed by atoms with E-state index in [1.165, 1.54) is 20.9 Å². The summed E-state index contributed by atoms with van der Waals surface area (Å²) in [7, 11) is 4.67. The van der Waals surface area contributed by atoms with Gasteiger partial charge in [0.25, 0.3) is 0 Å². The first-order chi connectivity index (χ1) is 18.7. The fourth-order valence-electron chi connectivity index (χ4n) is 4.52. The highest BCUT2D eigenvalue weighted by Crippen LogP contribution is 2.46. The first kappa shape index (κ1) is 28.1. The number of halogens is 1. The van der Waals surface area contributed by atoms with Crippen LogP contribution in [0, 0.1) is 5.41 Å². The molecule has 0 fully saturated rings. The number of carbonyl (C=O) groups is 1. The zero-order chi connectivity index (χ0) is 28.2. The molecule has 1 aromatic heterocycles. The van der Waals surface area contributed by atoms with Crippen LogP contribution in [0.15, 0.2) is 70.1 Å². The molecule has 11 heteroatoms. The van der Waals surface area contributed by atoms with Crippen LogP contribution in [0.2, 0.25) is 5.02 Å². The van der Waals surface area contributed by atoms with Crippen LogP contribution in [-0.4, -0.2) is 49.3 Å². The molecule has 4 rings (SSSR count). The number of carboxylic acids is 1. The molecule has 1 unspecified atom stereocenters. The molecule has 2 atom stereocenters. The number of ether oxygens (including phenoxy) is 3. The van der Waals surface area contributed by atoms with Crippen LogP contribution in [0.3, 0.4) is 0 Å². The fraction of sp³-hybridized carbons (Fsp3) is 0.357. The van der Waals surface area contributed by atoms with E-state index in [9.17, 15) is 9.90 Å². The Kier molecular flexibility index (Phi) is 8.57. The van der Waals surface area contributed by atoms with Crippen molar-refractivity contribution in [1.82, 2.24) is 9.99 Å². The molecule has 10 nitrogen and oxygen atoms in total. The smallest absolute Gasteiger partial charge is 0.316 e. The van der Waals surface area contributed by atoms with Crippen LogP contribution in [0.1, 0.15) is 49.3 Å². The number of fused-ring (bicyclic) bond motifs is 3. The van der Waals surface area contributed by atoms with Crippen LogP contribution in [0.4, 0.5) is 0 Å². The minimum atomic E-state index is -1.31. The summed E-state index contributed by atoms with van der Waals surface area (Å²) in [6, 6.07) is 15.4. The maximum Gasteiger partial charge on any atom is 0.316 e. The lowest BCUT2D eigenvalue weighted by Gasteiger charge is -2.25. The number of benzene rings is 2. The van der Waals surface area contributed by atoms with Crippen molar-refractivity contribution >= 4 is 23.4 Å². The Bertz CT molecular complexity index is 1400. The number of hydrazone groups is 1. The topological polar surface area (TPSA) is 119 Å². The highest BCUT2D eigenvalue weighted by atomic mass is 35.5. The summed E-state index contributed by atoms with van der Waals surface area (Å²) in [6.07, 6.45) is 1.62. The largest absolute Gasteiger partial charge is 0.493 e. The molecule has 0 aliphatic carbocycles. The van der Waals surface area contributed by atoms with E-state index >= 15 is 0 Å². The lowest BCUT2D eigenvalue weighted by molar-refractivity contribution is -0.143. The number of nitrogens with one attached hydrogen (secondary N) is 1. The summed E-state index contributed by atoms with van der Waals surface area (Å²) < 4.78 is 20.2. The molecular weight excluding hydrogens is 522 g/mol. The summed E-state index contributed by atoms with van der Waals surface area (Å²) >= 11 is 6.47. The van der Waals surface area contributed by atoms with Crippen LogP contribution >= 0.6 is 11.6 Å². The molecule has 0 saturated carbocycles. The van der Waals surface area contributed by atoms with Crippen molar-refractivity contribution in [2.45, 2.75) is 32.5 Å². The fourth-order valence-corrected chi connectivity index (χ4v) is 4.70. The van der Waals surface area contributed by atoms with Crippen LogP contribution in [-0.2, 0) is 9.53 Å².